The second kappa shape index (κ2) is 21.1. The van der Waals surface area contributed by atoms with Crippen molar-refractivity contribution in [3.63, 3.8) is 0 Å². The molecule has 0 aliphatic rings. The fraction of sp³-hybridized carbons (Fsp3) is 0.469. The Morgan fingerprint density at radius 1 is 1.00 bits per heavy atom. The van der Waals surface area contributed by atoms with Crippen LogP contribution in [0.4, 0.5) is 0 Å². The molecule has 0 amide bonds. The Kier molecular flexibility index (Phi) is 20.6. The molecule has 1 aromatic carbocycles. The van der Waals surface area contributed by atoms with Crippen molar-refractivity contribution in [3.8, 4) is 11.5 Å². The summed E-state index contributed by atoms with van der Waals surface area (Å²) in [6, 6.07) is 5.27. The van der Waals surface area contributed by atoms with Crippen LogP contribution in [-0.2, 0) is 16.0 Å². The highest BCUT2D eigenvalue weighted by atomic mass is 16.6. The van der Waals surface area contributed by atoms with Crippen LogP contribution in [0.5, 0.6) is 11.5 Å². The summed E-state index contributed by atoms with van der Waals surface area (Å²) in [4.78, 5) is 10.8. The quantitative estimate of drug-likeness (QED) is 0.218. The van der Waals surface area contributed by atoms with E-state index in [-0.39, 0.29) is 18.3 Å². The second-order valence-corrected chi connectivity index (χ2v) is 9.48. The van der Waals surface area contributed by atoms with Gasteiger partial charge in [-0.1, -0.05) is 53.7 Å². The van der Waals surface area contributed by atoms with Gasteiger partial charge in [0, 0.05) is 6.92 Å². The van der Waals surface area contributed by atoms with Gasteiger partial charge in [0.2, 0.25) is 0 Å². The summed E-state index contributed by atoms with van der Waals surface area (Å²) in [6.07, 6.45) is 14.3. The zero-order valence-electron chi connectivity index (χ0n) is 24.4. The van der Waals surface area contributed by atoms with Gasteiger partial charge >= 0.3 is 5.97 Å². The molecule has 0 aliphatic heterocycles. The summed E-state index contributed by atoms with van der Waals surface area (Å²) in [7, 11) is 1.53. The first-order chi connectivity index (χ1) is 17.3. The Morgan fingerprint density at radius 3 is 2.05 bits per heavy atom. The van der Waals surface area contributed by atoms with Crippen LogP contribution in [0, 0.1) is 0 Å². The molecule has 0 bridgehead atoms. The molecule has 2 N–H and O–H groups in total. The van der Waals surface area contributed by atoms with Crippen LogP contribution in [-0.4, -0.2) is 35.5 Å². The number of ether oxygens (including phenoxy) is 2. The van der Waals surface area contributed by atoms with Crippen molar-refractivity contribution in [1.29, 1.82) is 0 Å². The zero-order chi connectivity index (χ0) is 28.9. The summed E-state index contributed by atoms with van der Waals surface area (Å²) >= 11 is 0. The Hall–Kier alpha value is -3.05. The van der Waals surface area contributed by atoms with Crippen molar-refractivity contribution < 1.29 is 24.5 Å². The fourth-order valence-electron chi connectivity index (χ4n) is 3.03. The first-order valence-corrected chi connectivity index (χ1v) is 12.7. The van der Waals surface area contributed by atoms with Crippen LogP contribution in [0.3, 0.4) is 0 Å². The van der Waals surface area contributed by atoms with E-state index in [1.807, 2.05) is 25.1 Å². The third-order valence-electron chi connectivity index (χ3n) is 5.16. The number of carbonyl (C=O) groups excluding carboxylic acids is 1. The minimum absolute atomic E-state index is 0.167. The number of hydrogen-bond donors (Lipinski definition) is 2. The number of hydrogen-bond acceptors (Lipinski definition) is 5. The molecule has 0 heterocycles. The van der Waals surface area contributed by atoms with Crippen LogP contribution in [0.2, 0.25) is 0 Å². The van der Waals surface area contributed by atoms with Crippen molar-refractivity contribution in [1.82, 2.24) is 0 Å². The highest BCUT2D eigenvalue weighted by Crippen LogP contribution is 2.26. The average molecular weight is 515 g/mol. The maximum absolute atomic E-state index is 10.8. The Bertz CT molecular complexity index is 900. The van der Waals surface area contributed by atoms with Gasteiger partial charge in [-0.05, 0) is 97.4 Å². The smallest absolute Gasteiger partial charge is 0.303 e. The molecule has 0 radical (unpaired) electrons. The van der Waals surface area contributed by atoms with Gasteiger partial charge in [-0.3, -0.25) is 4.79 Å². The molecular formula is C32H50O5. The molecule has 0 aliphatic carbocycles. The number of esters is 1. The summed E-state index contributed by atoms with van der Waals surface area (Å²) in [5.74, 6) is 0.421. The molecular weight excluding hydrogens is 464 g/mol. The number of carbonyl (C=O) groups is 1. The number of aliphatic hydroxyl groups excluding tert-OH is 1. The third kappa shape index (κ3) is 20.8. The largest absolute Gasteiger partial charge is 0.504 e. The summed E-state index contributed by atoms with van der Waals surface area (Å²) in [5, 5.41) is 17.8. The first-order valence-electron chi connectivity index (χ1n) is 12.7. The van der Waals surface area contributed by atoms with Gasteiger partial charge < -0.3 is 19.7 Å². The molecule has 0 saturated heterocycles. The summed E-state index contributed by atoms with van der Waals surface area (Å²) in [5.41, 5.74) is 4.46. The number of aromatic hydroxyl groups is 1. The molecule has 1 unspecified atom stereocenters. The summed E-state index contributed by atoms with van der Waals surface area (Å²) < 4.78 is 10.1. The van der Waals surface area contributed by atoms with Crippen LogP contribution in [0.1, 0.15) is 79.7 Å². The fourth-order valence-corrected chi connectivity index (χ4v) is 3.03. The van der Waals surface area contributed by atoms with Crippen molar-refractivity contribution in [2.24, 2.45) is 0 Å². The molecule has 37 heavy (non-hydrogen) atoms. The number of benzene rings is 1. The number of methoxy groups -OCH3 is 1. The van der Waals surface area contributed by atoms with Gasteiger partial charge in [0.15, 0.2) is 11.5 Å². The van der Waals surface area contributed by atoms with Crippen molar-refractivity contribution in [3.05, 3.63) is 84.0 Å². The predicted octanol–water partition coefficient (Wildman–Crippen LogP) is 8.04. The van der Waals surface area contributed by atoms with Gasteiger partial charge in [-0.15, -0.1) is 6.58 Å². The molecule has 1 atom stereocenters. The lowest BCUT2D eigenvalue weighted by molar-refractivity contribution is -0.151. The van der Waals surface area contributed by atoms with Gasteiger partial charge in [0.25, 0.3) is 0 Å². The van der Waals surface area contributed by atoms with Gasteiger partial charge in [-0.2, -0.15) is 0 Å². The Balaban J connectivity index is 0. The highest BCUT2D eigenvalue weighted by Gasteiger charge is 2.22. The molecule has 0 saturated carbocycles. The van der Waals surface area contributed by atoms with E-state index in [0.29, 0.717) is 5.75 Å². The van der Waals surface area contributed by atoms with Crippen LogP contribution < -0.4 is 4.74 Å². The lowest BCUT2D eigenvalue weighted by atomic mass is 9.99. The van der Waals surface area contributed by atoms with Gasteiger partial charge in [0.1, 0.15) is 5.60 Å². The minimum Gasteiger partial charge on any atom is -0.504 e. The lowest BCUT2D eigenvalue weighted by Gasteiger charge is -2.24. The maximum Gasteiger partial charge on any atom is 0.303 e. The van der Waals surface area contributed by atoms with Crippen LogP contribution >= 0.6 is 0 Å². The molecule has 5 nitrogen and oxygen atoms in total. The Labute approximate surface area is 225 Å². The van der Waals surface area contributed by atoms with E-state index in [1.165, 1.54) is 30.8 Å². The maximum atomic E-state index is 10.8. The number of aliphatic hydroxyl groups is 1. The lowest BCUT2D eigenvalue weighted by Crippen LogP contribution is -2.27. The SMILES string of the molecule is C=CC(C)(CCC=C(C)C)OC(C)=O.C=CCc1ccc(O)c(OC)c1.CC(C)=CCCC(C)=CCO. The molecule has 5 heteroatoms. The molecule has 1 rings (SSSR count). The number of phenolic OH excluding ortho intramolecular Hbond substituents is 1. The molecule has 208 valence electrons. The zero-order valence-corrected chi connectivity index (χ0v) is 24.4. The van der Waals surface area contributed by atoms with E-state index in [1.54, 1.807) is 18.2 Å². The number of rotatable bonds is 12. The van der Waals surface area contributed by atoms with E-state index in [4.69, 9.17) is 14.6 Å². The van der Waals surface area contributed by atoms with Crippen LogP contribution in [0.25, 0.3) is 0 Å². The number of phenols is 1. The second-order valence-electron chi connectivity index (χ2n) is 9.48. The molecule has 0 aromatic heterocycles. The van der Waals surface area contributed by atoms with E-state index >= 15 is 0 Å². The molecule has 0 spiro atoms. The van der Waals surface area contributed by atoms with Crippen LogP contribution in [0.15, 0.2) is 78.5 Å². The number of allylic oxidation sites excluding steroid dienone is 6. The van der Waals surface area contributed by atoms with Crippen molar-refractivity contribution >= 4 is 5.97 Å². The minimum atomic E-state index is -0.530. The van der Waals surface area contributed by atoms with Gasteiger partial charge in [0.05, 0.1) is 13.7 Å². The average Bonchev–Trinajstić information content (AvgIpc) is 2.80. The van der Waals surface area contributed by atoms with Crippen molar-refractivity contribution in [2.75, 3.05) is 13.7 Å². The standard InChI is InChI=1S/C12H20O2.C10H12O2.C10H18O/c1-6-12(5,14-11(4)13)9-7-8-10(2)3;1-3-4-8-5-6-9(11)10(7-8)12-2;1-9(2)5-4-6-10(3)7-8-11/h6,8H,1,7,9H2,2-5H3;3,5-7,11H,1,4H2,2H3;5,7,11H,4,6,8H2,1-3H3. The summed E-state index contributed by atoms with van der Waals surface area (Å²) in [6.45, 7) is 21.1. The first kappa shape index (κ1) is 36.1. The Morgan fingerprint density at radius 2 is 1.59 bits per heavy atom. The molecule has 0 fully saturated rings. The molecule has 1 aromatic rings. The van der Waals surface area contributed by atoms with E-state index in [9.17, 15) is 9.90 Å². The monoisotopic (exact) mass is 514 g/mol. The van der Waals surface area contributed by atoms with E-state index < -0.39 is 5.60 Å². The van der Waals surface area contributed by atoms with Gasteiger partial charge in [-0.25, -0.2) is 0 Å². The van der Waals surface area contributed by atoms with Crippen molar-refractivity contribution in [2.45, 2.75) is 86.2 Å². The van der Waals surface area contributed by atoms with E-state index in [2.05, 4.69) is 59.9 Å². The van der Waals surface area contributed by atoms with E-state index in [0.717, 1.165) is 37.7 Å². The topological polar surface area (TPSA) is 76.0 Å². The third-order valence-corrected chi connectivity index (χ3v) is 5.16. The normalized spacial score (nSPS) is 11.8. The highest BCUT2D eigenvalue weighted by molar-refractivity contribution is 5.66. The predicted molar refractivity (Wildman–Crippen MR) is 157 cm³/mol.